The molecule has 3 rings (SSSR count). The summed E-state index contributed by atoms with van der Waals surface area (Å²) in [5.41, 5.74) is 2.03. The van der Waals surface area contributed by atoms with Gasteiger partial charge in [-0.05, 0) is 37.0 Å². The van der Waals surface area contributed by atoms with Gasteiger partial charge in [-0.1, -0.05) is 55.8 Å². The molecule has 0 spiro atoms. The second kappa shape index (κ2) is 9.26. The zero-order valence-electron chi connectivity index (χ0n) is 15.7. The van der Waals surface area contributed by atoms with Crippen LogP contribution in [0.2, 0.25) is 0 Å². The number of nitrogens with one attached hydrogen (secondary N) is 1. The van der Waals surface area contributed by atoms with Gasteiger partial charge in [0, 0.05) is 0 Å². The number of para-hydroxylation sites is 2. The van der Waals surface area contributed by atoms with E-state index in [1.54, 1.807) is 24.3 Å². The lowest BCUT2D eigenvalue weighted by molar-refractivity contribution is -0.126. The summed E-state index contributed by atoms with van der Waals surface area (Å²) in [5, 5.41) is 2.53. The van der Waals surface area contributed by atoms with Crippen molar-refractivity contribution in [3.63, 3.8) is 0 Å². The Kier molecular flexibility index (Phi) is 6.53. The third kappa shape index (κ3) is 4.82. The maximum absolute atomic E-state index is 14.4. The summed E-state index contributed by atoms with van der Waals surface area (Å²) in [7, 11) is 0. The highest BCUT2D eigenvalue weighted by Gasteiger charge is 2.28. The topological polar surface area (TPSA) is 72.2 Å². The van der Waals surface area contributed by atoms with Crippen LogP contribution < -0.4 is 5.32 Å². The van der Waals surface area contributed by atoms with E-state index in [2.05, 4.69) is 10.3 Å². The van der Waals surface area contributed by atoms with Gasteiger partial charge in [0.1, 0.15) is 5.52 Å². The van der Waals surface area contributed by atoms with E-state index in [4.69, 9.17) is 4.42 Å². The number of ketones is 1. The van der Waals surface area contributed by atoms with Crippen LogP contribution in [0.15, 0.2) is 59.0 Å². The third-order valence-corrected chi connectivity index (χ3v) is 4.53. The first-order chi connectivity index (χ1) is 13.6. The van der Waals surface area contributed by atoms with E-state index < -0.39 is 23.9 Å². The van der Waals surface area contributed by atoms with Crippen LogP contribution in [0.5, 0.6) is 0 Å². The number of aromatic nitrogens is 1. The number of hydrogen-bond donors (Lipinski definition) is 1. The lowest BCUT2D eigenvalue weighted by Crippen LogP contribution is -2.44. The Morgan fingerprint density at radius 3 is 2.50 bits per heavy atom. The van der Waals surface area contributed by atoms with Crippen molar-refractivity contribution < 1.29 is 18.4 Å². The highest BCUT2D eigenvalue weighted by molar-refractivity contribution is 6.00. The van der Waals surface area contributed by atoms with Crippen molar-refractivity contribution in [2.75, 3.05) is 0 Å². The Morgan fingerprint density at radius 1 is 1.07 bits per heavy atom. The molecule has 0 saturated carbocycles. The molecule has 0 aliphatic rings. The van der Waals surface area contributed by atoms with E-state index in [0.29, 0.717) is 30.4 Å². The molecule has 1 N–H and O–H groups in total. The normalized spacial score (nSPS) is 13.2. The Labute approximate surface area is 163 Å². The number of amides is 1. The molecule has 1 amide bonds. The number of carbonyl (C=O) groups is 2. The molecule has 1 aromatic heterocycles. The zero-order chi connectivity index (χ0) is 19.9. The fraction of sp³-hybridized carbons (Fsp3) is 0.318. The van der Waals surface area contributed by atoms with Crippen molar-refractivity contribution in [1.29, 1.82) is 0 Å². The fourth-order valence-electron chi connectivity index (χ4n) is 3.02. The summed E-state index contributed by atoms with van der Waals surface area (Å²) in [6, 6.07) is 15.6. The highest BCUT2D eigenvalue weighted by atomic mass is 19.1. The van der Waals surface area contributed by atoms with Crippen molar-refractivity contribution in [2.24, 2.45) is 0 Å². The molecule has 28 heavy (non-hydrogen) atoms. The van der Waals surface area contributed by atoms with Crippen LogP contribution in [0.25, 0.3) is 11.1 Å². The van der Waals surface area contributed by atoms with E-state index in [1.165, 1.54) is 0 Å². The molecule has 0 radical (unpaired) electrons. The highest BCUT2D eigenvalue weighted by Crippen LogP contribution is 2.17. The minimum atomic E-state index is -1.68. The van der Waals surface area contributed by atoms with Gasteiger partial charge >= 0.3 is 0 Å². The van der Waals surface area contributed by atoms with E-state index in [0.717, 1.165) is 5.56 Å². The SMILES string of the molecule is CCC[C@@H](NC(=O)[C@H](F)CCc1ccccc1)C(=O)c1nc2ccccc2o1. The lowest BCUT2D eigenvalue weighted by atomic mass is 10.0. The van der Waals surface area contributed by atoms with Crippen LogP contribution in [0.4, 0.5) is 4.39 Å². The van der Waals surface area contributed by atoms with Gasteiger partial charge in [-0.15, -0.1) is 0 Å². The van der Waals surface area contributed by atoms with Crippen molar-refractivity contribution in [2.45, 2.75) is 44.8 Å². The number of fused-ring (bicyclic) bond motifs is 1. The number of benzene rings is 2. The molecule has 0 saturated heterocycles. The number of rotatable bonds is 9. The zero-order valence-corrected chi connectivity index (χ0v) is 15.7. The van der Waals surface area contributed by atoms with Gasteiger partial charge in [-0.2, -0.15) is 0 Å². The molecule has 0 aliphatic carbocycles. The van der Waals surface area contributed by atoms with Crippen LogP contribution in [0, 0.1) is 0 Å². The van der Waals surface area contributed by atoms with Gasteiger partial charge in [-0.25, -0.2) is 9.37 Å². The predicted molar refractivity (Wildman–Crippen MR) is 105 cm³/mol. The van der Waals surface area contributed by atoms with Crippen molar-refractivity contribution in [3.8, 4) is 0 Å². The Balaban J connectivity index is 1.64. The van der Waals surface area contributed by atoms with Gasteiger partial charge < -0.3 is 9.73 Å². The van der Waals surface area contributed by atoms with Gasteiger partial charge in [0.05, 0.1) is 6.04 Å². The number of alkyl halides is 1. The number of Topliss-reactive ketones (excluding diaryl/α,β-unsaturated/α-hetero) is 1. The molecule has 146 valence electrons. The fourth-order valence-corrected chi connectivity index (χ4v) is 3.02. The minimum absolute atomic E-state index is 0.0613. The van der Waals surface area contributed by atoms with E-state index in [-0.39, 0.29) is 12.3 Å². The van der Waals surface area contributed by atoms with Crippen molar-refractivity contribution in [1.82, 2.24) is 10.3 Å². The molecular weight excluding hydrogens is 359 g/mol. The molecule has 6 heteroatoms. The summed E-state index contributed by atoms with van der Waals surface area (Å²) in [4.78, 5) is 29.2. The standard InChI is InChI=1S/C22H23FN2O3/c1-2-8-18(20(26)22-25-17-11-6-7-12-19(17)28-22)24-21(27)16(23)14-13-15-9-4-3-5-10-15/h3-7,9-12,16,18H,2,8,13-14H2,1H3,(H,24,27)/t16-,18-/m1/s1. The molecular formula is C22H23FN2O3. The third-order valence-electron chi connectivity index (χ3n) is 4.53. The van der Waals surface area contributed by atoms with Gasteiger partial charge in [0.25, 0.3) is 11.8 Å². The van der Waals surface area contributed by atoms with E-state index >= 15 is 0 Å². The second-order valence-corrected chi connectivity index (χ2v) is 6.69. The average Bonchev–Trinajstić information content (AvgIpc) is 3.16. The molecule has 0 aliphatic heterocycles. The smallest absolute Gasteiger partial charge is 0.266 e. The first kappa shape index (κ1) is 19.7. The monoisotopic (exact) mass is 382 g/mol. The lowest BCUT2D eigenvalue weighted by Gasteiger charge is -2.17. The van der Waals surface area contributed by atoms with Crippen molar-refractivity contribution in [3.05, 3.63) is 66.1 Å². The van der Waals surface area contributed by atoms with Gasteiger partial charge in [0.15, 0.2) is 11.8 Å². The Bertz CT molecular complexity index is 906. The maximum atomic E-state index is 14.4. The van der Waals surface area contributed by atoms with Crippen LogP contribution in [0.1, 0.15) is 42.4 Å². The van der Waals surface area contributed by atoms with E-state index in [9.17, 15) is 14.0 Å². The molecule has 0 unspecified atom stereocenters. The second-order valence-electron chi connectivity index (χ2n) is 6.69. The summed E-state index contributed by atoms with van der Waals surface area (Å²) in [5.74, 6) is -1.29. The minimum Gasteiger partial charge on any atom is -0.434 e. The van der Waals surface area contributed by atoms with E-state index in [1.807, 2.05) is 37.3 Å². The predicted octanol–water partition coefficient (Wildman–Crippen LogP) is 4.27. The molecule has 1 heterocycles. The quantitative estimate of drug-likeness (QED) is 0.561. The maximum Gasteiger partial charge on any atom is 0.266 e. The molecule has 2 atom stereocenters. The number of carbonyl (C=O) groups excluding carboxylic acids is 2. The molecule has 3 aromatic rings. The summed E-state index contributed by atoms with van der Waals surface area (Å²) < 4.78 is 19.9. The number of hydrogen-bond acceptors (Lipinski definition) is 4. The Hall–Kier alpha value is -3.02. The van der Waals surface area contributed by atoms with Crippen LogP contribution >= 0.6 is 0 Å². The van der Waals surface area contributed by atoms with Crippen LogP contribution in [-0.2, 0) is 11.2 Å². The summed E-state index contributed by atoms with van der Waals surface area (Å²) in [6.07, 6.45) is -0.137. The van der Waals surface area contributed by atoms with Crippen LogP contribution in [-0.4, -0.2) is 28.9 Å². The molecule has 2 aromatic carbocycles. The van der Waals surface area contributed by atoms with Gasteiger partial charge in [0.2, 0.25) is 5.78 Å². The first-order valence-electron chi connectivity index (χ1n) is 9.46. The molecule has 0 fully saturated rings. The number of aryl methyl sites for hydroxylation is 1. The largest absolute Gasteiger partial charge is 0.434 e. The molecule has 5 nitrogen and oxygen atoms in total. The molecule has 0 bridgehead atoms. The van der Waals surface area contributed by atoms with Gasteiger partial charge in [-0.3, -0.25) is 9.59 Å². The Morgan fingerprint density at radius 2 is 1.79 bits per heavy atom. The summed E-state index contributed by atoms with van der Waals surface area (Å²) in [6.45, 7) is 1.89. The first-order valence-corrected chi connectivity index (χ1v) is 9.46. The van der Waals surface area contributed by atoms with Crippen molar-refractivity contribution >= 4 is 22.8 Å². The average molecular weight is 382 g/mol. The summed E-state index contributed by atoms with van der Waals surface area (Å²) >= 11 is 0. The number of oxazole rings is 1. The number of nitrogens with zero attached hydrogens (tertiary/aromatic N) is 1. The number of halogens is 1. The van der Waals surface area contributed by atoms with Crippen LogP contribution in [0.3, 0.4) is 0 Å².